The molecule has 0 spiro atoms. The molecule has 0 saturated heterocycles. The van der Waals surface area contributed by atoms with Gasteiger partial charge in [0.2, 0.25) is 5.91 Å². The fourth-order valence-corrected chi connectivity index (χ4v) is 2.02. The molecule has 3 heteroatoms. The summed E-state index contributed by atoms with van der Waals surface area (Å²) in [5, 5.41) is 0. The van der Waals surface area contributed by atoms with Gasteiger partial charge in [-0.15, -0.1) is 0 Å². The van der Waals surface area contributed by atoms with Gasteiger partial charge in [-0.05, 0) is 38.1 Å². The van der Waals surface area contributed by atoms with Gasteiger partial charge in [0.05, 0.1) is 0 Å². The van der Waals surface area contributed by atoms with Crippen LogP contribution in [0.25, 0.3) is 0 Å². The van der Waals surface area contributed by atoms with Crippen molar-refractivity contribution in [3.63, 3.8) is 0 Å². The molecule has 0 aromatic heterocycles. The standard InChI is InChI=1S/C13H28N2O/c1-5-12(6-2)15(4)13(16)8-7-11(3)9-10-14/h11-12H,5-10,14H2,1-4H3. The number of carbonyl (C=O) groups excluding carboxylic acids is 1. The third-order valence-electron chi connectivity index (χ3n) is 3.39. The number of hydrogen-bond donors (Lipinski definition) is 1. The monoisotopic (exact) mass is 228 g/mol. The molecule has 1 atom stereocenters. The largest absolute Gasteiger partial charge is 0.343 e. The summed E-state index contributed by atoms with van der Waals surface area (Å²) < 4.78 is 0. The molecule has 3 nitrogen and oxygen atoms in total. The number of amides is 1. The van der Waals surface area contributed by atoms with Gasteiger partial charge in [0.1, 0.15) is 0 Å². The van der Waals surface area contributed by atoms with Crippen LogP contribution in [0, 0.1) is 5.92 Å². The lowest BCUT2D eigenvalue weighted by molar-refractivity contribution is -0.132. The SMILES string of the molecule is CCC(CC)N(C)C(=O)CCC(C)CCN. The van der Waals surface area contributed by atoms with Gasteiger partial charge in [0.15, 0.2) is 0 Å². The molecule has 0 aromatic carbocycles. The number of carbonyl (C=O) groups is 1. The molecule has 0 aliphatic rings. The van der Waals surface area contributed by atoms with E-state index in [-0.39, 0.29) is 5.91 Å². The van der Waals surface area contributed by atoms with E-state index in [9.17, 15) is 4.79 Å². The maximum absolute atomic E-state index is 11.9. The van der Waals surface area contributed by atoms with Crippen LogP contribution in [0.1, 0.15) is 52.9 Å². The van der Waals surface area contributed by atoms with E-state index in [0.717, 1.165) is 32.2 Å². The average molecular weight is 228 g/mol. The fraction of sp³-hybridized carbons (Fsp3) is 0.923. The van der Waals surface area contributed by atoms with Crippen molar-refractivity contribution in [3.05, 3.63) is 0 Å². The van der Waals surface area contributed by atoms with Gasteiger partial charge < -0.3 is 10.6 Å². The van der Waals surface area contributed by atoms with Crippen LogP contribution in [0.5, 0.6) is 0 Å². The Bertz CT molecular complexity index is 190. The van der Waals surface area contributed by atoms with Crippen LogP contribution in [0.3, 0.4) is 0 Å². The second-order valence-electron chi connectivity index (χ2n) is 4.70. The van der Waals surface area contributed by atoms with Crippen LogP contribution >= 0.6 is 0 Å². The summed E-state index contributed by atoms with van der Waals surface area (Å²) >= 11 is 0. The Morgan fingerprint density at radius 1 is 1.25 bits per heavy atom. The quantitative estimate of drug-likeness (QED) is 0.693. The first-order chi connectivity index (χ1) is 7.56. The molecule has 0 fully saturated rings. The number of nitrogens with zero attached hydrogens (tertiary/aromatic N) is 1. The summed E-state index contributed by atoms with van der Waals surface area (Å²) in [6.45, 7) is 7.15. The van der Waals surface area contributed by atoms with Crippen molar-refractivity contribution in [3.8, 4) is 0 Å². The van der Waals surface area contributed by atoms with E-state index in [1.165, 1.54) is 0 Å². The van der Waals surface area contributed by atoms with Crippen LogP contribution in [-0.4, -0.2) is 30.4 Å². The predicted octanol–water partition coefficient (Wildman–Crippen LogP) is 2.40. The van der Waals surface area contributed by atoms with Crippen molar-refractivity contribution >= 4 is 5.91 Å². The molecule has 0 aliphatic carbocycles. The van der Waals surface area contributed by atoms with E-state index in [1.54, 1.807) is 0 Å². The smallest absolute Gasteiger partial charge is 0.222 e. The van der Waals surface area contributed by atoms with Gasteiger partial charge in [0, 0.05) is 19.5 Å². The van der Waals surface area contributed by atoms with Crippen LogP contribution in [-0.2, 0) is 4.79 Å². The van der Waals surface area contributed by atoms with Gasteiger partial charge in [-0.2, -0.15) is 0 Å². The Kier molecular flexibility index (Phi) is 8.26. The molecule has 0 aromatic rings. The summed E-state index contributed by atoms with van der Waals surface area (Å²) in [4.78, 5) is 13.8. The summed E-state index contributed by atoms with van der Waals surface area (Å²) in [6.07, 6.45) is 4.71. The number of nitrogens with two attached hydrogens (primary N) is 1. The minimum Gasteiger partial charge on any atom is -0.343 e. The highest BCUT2D eigenvalue weighted by Crippen LogP contribution is 2.13. The third-order valence-corrected chi connectivity index (χ3v) is 3.39. The Balaban J connectivity index is 3.95. The van der Waals surface area contributed by atoms with Crippen LogP contribution in [0.15, 0.2) is 0 Å². The lowest BCUT2D eigenvalue weighted by atomic mass is 10.0. The molecule has 0 bridgehead atoms. The van der Waals surface area contributed by atoms with E-state index >= 15 is 0 Å². The van der Waals surface area contributed by atoms with Gasteiger partial charge in [-0.25, -0.2) is 0 Å². The normalized spacial score (nSPS) is 12.9. The fourth-order valence-electron chi connectivity index (χ4n) is 2.02. The first kappa shape index (κ1) is 15.4. The lowest BCUT2D eigenvalue weighted by Gasteiger charge is -2.26. The van der Waals surface area contributed by atoms with E-state index < -0.39 is 0 Å². The van der Waals surface area contributed by atoms with Crippen LogP contribution in [0.4, 0.5) is 0 Å². The first-order valence-corrected chi connectivity index (χ1v) is 6.52. The van der Waals surface area contributed by atoms with Crippen molar-refractivity contribution in [1.82, 2.24) is 4.90 Å². The molecule has 2 N–H and O–H groups in total. The molecular weight excluding hydrogens is 200 g/mol. The van der Waals surface area contributed by atoms with Gasteiger partial charge >= 0.3 is 0 Å². The second-order valence-corrected chi connectivity index (χ2v) is 4.70. The first-order valence-electron chi connectivity index (χ1n) is 6.52. The van der Waals surface area contributed by atoms with Crippen molar-refractivity contribution in [2.45, 2.75) is 58.9 Å². The van der Waals surface area contributed by atoms with Crippen LogP contribution in [0.2, 0.25) is 0 Å². The minimum atomic E-state index is 0.276. The molecule has 0 rings (SSSR count). The number of rotatable bonds is 8. The maximum atomic E-state index is 11.9. The Hall–Kier alpha value is -0.570. The molecule has 96 valence electrons. The van der Waals surface area contributed by atoms with Crippen molar-refractivity contribution in [1.29, 1.82) is 0 Å². The van der Waals surface area contributed by atoms with Gasteiger partial charge in [0.25, 0.3) is 0 Å². The van der Waals surface area contributed by atoms with Crippen molar-refractivity contribution < 1.29 is 4.79 Å². The highest BCUT2D eigenvalue weighted by molar-refractivity contribution is 5.76. The summed E-state index contributed by atoms with van der Waals surface area (Å²) in [6, 6.07) is 0.400. The molecule has 1 unspecified atom stereocenters. The van der Waals surface area contributed by atoms with Crippen LogP contribution < -0.4 is 5.73 Å². The lowest BCUT2D eigenvalue weighted by Crippen LogP contribution is -2.36. The van der Waals surface area contributed by atoms with E-state index in [4.69, 9.17) is 5.73 Å². The summed E-state index contributed by atoms with van der Waals surface area (Å²) in [5.41, 5.74) is 5.49. The maximum Gasteiger partial charge on any atom is 0.222 e. The summed E-state index contributed by atoms with van der Waals surface area (Å²) in [7, 11) is 1.92. The zero-order valence-electron chi connectivity index (χ0n) is 11.3. The highest BCUT2D eigenvalue weighted by atomic mass is 16.2. The zero-order chi connectivity index (χ0) is 12.6. The third kappa shape index (κ3) is 5.50. The average Bonchev–Trinajstić information content (AvgIpc) is 2.27. The molecular formula is C13H28N2O. The van der Waals surface area contributed by atoms with E-state index in [1.807, 2.05) is 11.9 Å². The molecule has 1 amide bonds. The molecule has 16 heavy (non-hydrogen) atoms. The Morgan fingerprint density at radius 2 is 1.81 bits per heavy atom. The van der Waals surface area contributed by atoms with Crippen molar-refractivity contribution in [2.24, 2.45) is 11.7 Å². The zero-order valence-corrected chi connectivity index (χ0v) is 11.3. The highest BCUT2D eigenvalue weighted by Gasteiger charge is 2.16. The number of hydrogen-bond acceptors (Lipinski definition) is 2. The summed E-state index contributed by atoms with van der Waals surface area (Å²) in [5.74, 6) is 0.835. The predicted molar refractivity (Wildman–Crippen MR) is 69.2 cm³/mol. The molecule has 0 saturated carbocycles. The Labute approximate surface area is 100 Å². The van der Waals surface area contributed by atoms with Gasteiger partial charge in [-0.3, -0.25) is 4.79 Å². The van der Waals surface area contributed by atoms with Crippen molar-refractivity contribution in [2.75, 3.05) is 13.6 Å². The second kappa shape index (κ2) is 8.57. The molecule has 0 radical (unpaired) electrons. The minimum absolute atomic E-state index is 0.276. The molecule has 0 heterocycles. The molecule has 0 aliphatic heterocycles. The Morgan fingerprint density at radius 3 is 2.25 bits per heavy atom. The van der Waals surface area contributed by atoms with E-state index in [2.05, 4.69) is 20.8 Å². The van der Waals surface area contributed by atoms with Gasteiger partial charge in [-0.1, -0.05) is 20.8 Å². The van der Waals surface area contributed by atoms with E-state index in [0.29, 0.717) is 18.4 Å². The topological polar surface area (TPSA) is 46.3 Å².